The lowest BCUT2D eigenvalue weighted by molar-refractivity contribution is -0.112. The summed E-state index contributed by atoms with van der Waals surface area (Å²) in [7, 11) is 1.45. The normalized spacial score (nSPS) is 33.0. The van der Waals surface area contributed by atoms with Crippen LogP contribution < -0.4 is 10.1 Å². The number of amides is 1. The molecule has 2 aromatic carbocycles. The molecule has 0 aromatic heterocycles. The third-order valence-corrected chi connectivity index (χ3v) is 13.3. The van der Waals surface area contributed by atoms with E-state index >= 15 is 0 Å². The number of methoxy groups -OCH3 is 1. The zero-order chi connectivity index (χ0) is 43.8. The van der Waals surface area contributed by atoms with Crippen molar-refractivity contribution >= 4 is 34.4 Å². The highest BCUT2D eigenvalue weighted by Crippen LogP contribution is 2.55. The van der Waals surface area contributed by atoms with E-state index in [1.54, 1.807) is 46.8 Å². The van der Waals surface area contributed by atoms with Gasteiger partial charge in [0.1, 0.15) is 17.2 Å². The van der Waals surface area contributed by atoms with Crippen LogP contribution in [0.5, 0.6) is 23.0 Å². The molecule has 328 valence electrons. The van der Waals surface area contributed by atoms with Gasteiger partial charge in [-0.25, -0.2) is 0 Å². The topological polar surface area (TPSA) is 214 Å². The number of piperazine rings is 1. The van der Waals surface area contributed by atoms with Crippen LogP contribution in [0.2, 0.25) is 0 Å². The lowest BCUT2D eigenvalue weighted by atomic mass is 9.78. The van der Waals surface area contributed by atoms with E-state index in [2.05, 4.69) is 15.3 Å². The summed E-state index contributed by atoms with van der Waals surface area (Å²) < 4.78 is 17.8. The minimum absolute atomic E-state index is 0.0742. The number of carbonyl (C=O) groups is 2. The Morgan fingerprint density at radius 2 is 1.50 bits per heavy atom. The van der Waals surface area contributed by atoms with Crippen molar-refractivity contribution in [2.45, 2.75) is 110 Å². The maximum Gasteiger partial charge on any atom is 0.312 e. The van der Waals surface area contributed by atoms with Crippen molar-refractivity contribution in [3.63, 3.8) is 0 Å². The molecule has 1 aliphatic carbocycles. The van der Waals surface area contributed by atoms with E-state index < -0.39 is 82.8 Å². The van der Waals surface area contributed by atoms with Gasteiger partial charge in [-0.2, -0.15) is 5.10 Å². The largest absolute Gasteiger partial charge is 0.507 e. The predicted octanol–water partition coefficient (Wildman–Crippen LogP) is 5.08. The highest BCUT2D eigenvalue weighted by Gasteiger charge is 2.50. The number of nitrogens with one attached hydrogen (secondary N) is 1. The predicted molar refractivity (Wildman–Crippen MR) is 227 cm³/mol. The zero-order valence-electron chi connectivity index (χ0n) is 35.9. The molecular weight excluding hydrogens is 773 g/mol. The first-order valence-corrected chi connectivity index (χ1v) is 21.0. The molecule has 2 fully saturated rings. The molecule has 1 saturated carbocycles. The molecule has 15 nitrogen and oxygen atoms in total. The first-order chi connectivity index (χ1) is 28.4. The molecule has 60 heavy (non-hydrogen) atoms. The Labute approximate surface area is 351 Å². The number of hydrazone groups is 1. The molecule has 4 aliphatic heterocycles. The molecule has 5 bridgehead atoms. The zero-order valence-corrected chi connectivity index (χ0v) is 35.9. The van der Waals surface area contributed by atoms with Gasteiger partial charge in [-0.3, -0.25) is 19.5 Å². The molecule has 1 saturated heterocycles. The van der Waals surface area contributed by atoms with Crippen LogP contribution in [-0.2, 0) is 14.3 Å². The number of Topliss-reactive ketones (excluding diaryl/α,β-unsaturated/α-hetero) is 1. The summed E-state index contributed by atoms with van der Waals surface area (Å²) in [6.07, 6.45) is 9.71. The fraction of sp³-hybridized carbons (Fsp3) is 0.578. The van der Waals surface area contributed by atoms with Crippen LogP contribution in [0.25, 0.3) is 10.8 Å². The molecule has 4 heterocycles. The molecule has 2 aromatic rings. The number of carbonyl (C=O) groups excluding carboxylic acids is 2. The fourth-order valence-electron chi connectivity index (χ4n) is 9.08. The van der Waals surface area contributed by atoms with Gasteiger partial charge >= 0.3 is 5.79 Å². The van der Waals surface area contributed by atoms with E-state index in [-0.39, 0.29) is 44.5 Å². The number of hydrogen-bond acceptors (Lipinski definition) is 14. The number of nitrogens with zero attached hydrogens (tertiary/aromatic N) is 3. The number of phenolic OH excluding ortho intramolecular Hbond substituents is 3. The molecule has 7 N–H and O–H groups in total. The number of rotatable bonds is 4. The van der Waals surface area contributed by atoms with E-state index in [1.807, 2.05) is 5.01 Å². The second-order valence-electron chi connectivity index (χ2n) is 17.2. The summed E-state index contributed by atoms with van der Waals surface area (Å²) in [6, 6.07) is 0.561. The maximum absolute atomic E-state index is 14.4. The van der Waals surface area contributed by atoms with Gasteiger partial charge in [0.25, 0.3) is 11.7 Å². The van der Waals surface area contributed by atoms with E-state index in [0.717, 1.165) is 13.1 Å². The van der Waals surface area contributed by atoms with E-state index in [4.69, 9.17) is 14.2 Å². The van der Waals surface area contributed by atoms with Crippen molar-refractivity contribution < 1.29 is 54.4 Å². The number of anilines is 1. The van der Waals surface area contributed by atoms with Crippen molar-refractivity contribution in [2.24, 2.45) is 28.8 Å². The first kappa shape index (κ1) is 44.9. The molecule has 0 radical (unpaired) electrons. The average molecular weight is 835 g/mol. The first-order valence-electron chi connectivity index (χ1n) is 21.0. The Balaban J connectivity index is 1.46. The smallest absolute Gasteiger partial charge is 0.312 e. The summed E-state index contributed by atoms with van der Waals surface area (Å²) >= 11 is 0. The number of benzene rings is 2. The summed E-state index contributed by atoms with van der Waals surface area (Å²) in [6.45, 7) is 14.1. The summed E-state index contributed by atoms with van der Waals surface area (Å²) in [5.74, 6) is -7.52. The van der Waals surface area contributed by atoms with Gasteiger partial charge in [0, 0.05) is 86.4 Å². The SMILES string of the molecule is CO[C@H]1C=CO[C@@]2(C)Oc3c(C)c(O)c4c(O)c(c(/C=N/N5CCN(C6CCCC6)CC5)c(O)c4c3C2=O)NC(=O)/C(C)=C\C=C/[C@H](C)[C@H](O)[C@@H](C)[C@@H](O)[C@@H](C)[C@H](O)[C@@H]1C. The third kappa shape index (κ3) is 8.47. The quantitative estimate of drug-likeness (QED) is 0.122. The number of hydrogen-bond donors (Lipinski definition) is 7. The van der Waals surface area contributed by atoms with Crippen LogP contribution in [0.4, 0.5) is 5.69 Å². The number of ketones is 1. The van der Waals surface area contributed by atoms with Gasteiger partial charge < -0.3 is 50.2 Å². The molecule has 7 rings (SSSR count). The third-order valence-electron chi connectivity index (χ3n) is 13.3. The number of fused-ring (bicyclic) bond motifs is 14. The average Bonchev–Trinajstić information content (AvgIpc) is 3.87. The minimum atomic E-state index is -2.01. The molecule has 0 unspecified atom stereocenters. The fourth-order valence-corrected chi connectivity index (χ4v) is 9.08. The van der Waals surface area contributed by atoms with Gasteiger partial charge in [0.15, 0.2) is 5.75 Å². The molecule has 15 heteroatoms. The highest BCUT2D eigenvalue weighted by atomic mass is 16.7. The van der Waals surface area contributed by atoms with E-state index in [1.165, 1.54) is 71.3 Å². The Kier molecular flexibility index (Phi) is 13.6. The second-order valence-corrected chi connectivity index (χ2v) is 17.2. The monoisotopic (exact) mass is 834 g/mol. The van der Waals surface area contributed by atoms with Crippen LogP contribution in [0.15, 0.2) is 41.2 Å². The van der Waals surface area contributed by atoms with Crippen molar-refractivity contribution in [1.29, 1.82) is 0 Å². The maximum atomic E-state index is 14.4. The number of phenols is 3. The van der Waals surface area contributed by atoms with Crippen LogP contribution in [-0.4, -0.2) is 128 Å². The van der Waals surface area contributed by atoms with Crippen LogP contribution in [0.3, 0.4) is 0 Å². The Hall–Kier alpha value is -4.67. The van der Waals surface area contributed by atoms with E-state index in [0.29, 0.717) is 19.1 Å². The summed E-state index contributed by atoms with van der Waals surface area (Å²) in [5, 5.41) is 78.4. The van der Waals surface area contributed by atoms with Crippen molar-refractivity contribution in [3.8, 4) is 23.0 Å². The lowest BCUT2D eigenvalue weighted by Gasteiger charge is -2.36. The molecule has 0 spiro atoms. The van der Waals surface area contributed by atoms with Gasteiger partial charge in [0.05, 0.1) is 59.1 Å². The van der Waals surface area contributed by atoms with E-state index in [9.17, 15) is 40.2 Å². The number of allylic oxidation sites excluding steroid dienone is 2. The number of ether oxygens (including phenoxy) is 3. The Morgan fingerprint density at radius 3 is 2.15 bits per heavy atom. The van der Waals surface area contributed by atoms with Gasteiger partial charge in [0.2, 0.25) is 0 Å². The molecule has 9 atom stereocenters. The minimum Gasteiger partial charge on any atom is -0.507 e. The number of aliphatic hydroxyl groups is 3. The van der Waals surface area contributed by atoms with Gasteiger partial charge in [-0.05, 0) is 32.8 Å². The van der Waals surface area contributed by atoms with Crippen LogP contribution in [0, 0.1) is 30.6 Å². The Bertz CT molecular complexity index is 2070. The van der Waals surface area contributed by atoms with Gasteiger partial charge in [-0.1, -0.05) is 58.8 Å². The summed E-state index contributed by atoms with van der Waals surface area (Å²) in [4.78, 5) is 30.7. The molecular formula is C45H62N4O11. The van der Waals surface area contributed by atoms with Crippen molar-refractivity contribution in [2.75, 3.05) is 38.6 Å². The summed E-state index contributed by atoms with van der Waals surface area (Å²) in [5.41, 5.74) is -0.233. The second kappa shape index (κ2) is 18.1. The van der Waals surface area contributed by atoms with Crippen LogP contribution >= 0.6 is 0 Å². The molecule has 5 aliphatic rings. The van der Waals surface area contributed by atoms with Gasteiger partial charge in [-0.15, -0.1) is 0 Å². The van der Waals surface area contributed by atoms with Crippen molar-refractivity contribution in [1.82, 2.24) is 9.91 Å². The highest BCUT2D eigenvalue weighted by molar-refractivity contribution is 6.23. The Morgan fingerprint density at radius 1 is 0.867 bits per heavy atom. The number of aromatic hydroxyl groups is 3. The standard InChI is InChI=1S/C45H62N4O11/c1-23-12-11-13-24(2)44(57)47-35-30(22-46-49-19-17-48(18-20-49)29-14-9-10-15-29)40(54)32-33(41(35)55)39(53)28(6)42-34(32)43(56)45(7,60-42)59-21-16-31(58-8)25(3)37(51)27(5)38(52)26(4)36(23)50/h11-13,16,21-23,25-27,29,31,36-38,50-55H,9-10,14-15,17-20H2,1-8H3,(H,47,57)/b12-11-,21-16?,24-13-,46-22+/t23-,25+,26+,27-,31-,36-,37+,38+,45-/m0/s1. The number of aliphatic hydroxyl groups excluding tert-OH is 3. The van der Waals surface area contributed by atoms with Crippen LogP contribution in [0.1, 0.15) is 88.7 Å². The van der Waals surface area contributed by atoms with Crippen molar-refractivity contribution in [3.05, 3.63) is 52.8 Å². The lowest BCUT2D eigenvalue weighted by Crippen LogP contribution is -2.47. The molecule has 1 amide bonds.